The molecule has 3 aliphatic rings. The average Bonchev–Trinajstić information content (AvgIpc) is 3.73. The molecule has 9 aromatic carbocycles. The van der Waals surface area contributed by atoms with Crippen LogP contribution in [-0.4, -0.2) is 0 Å². The van der Waals surface area contributed by atoms with Crippen LogP contribution in [0.1, 0.15) is 44.5 Å². The fraction of sp³-hybridized carbons (Fsp3) is 0.0370. The Kier molecular flexibility index (Phi) is 6.25. The van der Waals surface area contributed by atoms with Crippen LogP contribution in [0.15, 0.2) is 206 Å². The SMILES string of the molecule is c1ccc(C2(c3ccccc3-c3ccc4c(c3)Oc3ccccc3C43c4ccccc4-c4ccccc43)c3ccccc3-c3c2ccc2ccccc32)cc1. The molecule has 0 radical (unpaired) electrons. The second-order valence-corrected chi connectivity index (χ2v) is 15.1. The molecule has 256 valence electrons. The minimum absolute atomic E-state index is 0.495. The molecule has 55 heavy (non-hydrogen) atoms. The Morgan fingerprint density at radius 2 is 0.818 bits per heavy atom. The smallest absolute Gasteiger partial charge is 0.132 e. The van der Waals surface area contributed by atoms with E-state index in [1.54, 1.807) is 0 Å². The van der Waals surface area contributed by atoms with E-state index in [2.05, 4.69) is 206 Å². The first-order valence-corrected chi connectivity index (χ1v) is 19.2. The first-order chi connectivity index (χ1) is 27.3. The van der Waals surface area contributed by atoms with Crippen LogP contribution in [0.25, 0.3) is 44.2 Å². The highest BCUT2D eigenvalue weighted by atomic mass is 16.5. The number of hydrogen-bond donors (Lipinski definition) is 0. The number of para-hydroxylation sites is 1. The summed E-state index contributed by atoms with van der Waals surface area (Å²) in [5, 5.41) is 2.54. The predicted octanol–water partition coefficient (Wildman–Crippen LogP) is 13.3. The van der Waals surface area contributed by atoms with Crippen molar-refractivity contribution in [1.29, 1.82) is 0 Å². The van der Waals surface area contributed by atoms with Gasteiger partial charge >= 0.3 is 0 Å². The molecule has 1 unspecified atom stereocenters. The van der Waals surface area contributed by atoms with Gasteiger partial charge in [-0.2, -0.15) is 0 Å². The monoisotopic (exact) mass is 698 g/mol. The van der Waals surface area contributed by atoms with E-state index in [-0.39, 0.29) is 0 Å². The largest absolute Gasteiger partial charge is 0.457 e. The van der Waals surface area contributed by atoms with Gasteiger partial charge in [-0.1, -0.05) is 194 Å². The number of fused-ring (bicyclic) bond motifs is 14. The van der Waals surface area contributed by atoms with Crippen molar-refractivity contribution in [2.24, 2.45) is 0 Å². The van der Waals surface area contributed by atoms with Crippen molar-refractivity contribution in [3.63, 3.8) is 0 Å². The molecule has 0 amide bonds. The third kappa shape index (κ3) is 3.87. The van der Waals surface area contributed by atoms with E-state index in [0.29, 0.717) is 0 Å². The van der Waals surface area contributed by atoms with Gasteiger partial charge in [0.2, 0.25) is 0 Å². The lowest BCUT2D eigenvalue weighted by Gasteiger charge is -2.39. The first-order valence-electron chi connectivity index (χ1n) is 19.2. The van der Waals surface area contributed by atoms with Gasteiger partial charge in [-0.05, 0) is 89.7 Å². The van der Waals surface area contributed by atoms with E-state index in [1.165, 1.54) is 83.1 Å². The summed E-state index contributed by atoms with van der Waals surface area (Å²) in [4.78, 5) is 0. The van der Waals surface area contributed by atoms with E-state index in [0.717, 1.165) is 17.1 Å². The van der Waals surface area contributed by atoms with Crippen LogP contribution in [0.5, 0.6) is 11.5 Å². The zero-order chi connectivity index (χ0) is 36.1. The molecule has 0 fully saturated rings. The lowest BCUT2D eigenvalue weighted by molar-refractivity contribution is 0.436. The predicted molar refractivity (Wildman–Crippen MR) is 224 cm³/mol. The van der Waals surface area contributed by atoms with Gasteiger partial charge in [0.1, 0.15) is 11.5 Å². The molecule has 0 N–H and O–H groups in total. The van der Waals surface area contributed by atoms with Crippen molar-refractivity contribution >= 4 is 10.8 Å². The summed E-state index contributed by atoms with van der Waals surface area (Å²) < 4.78 is 6.99. The molecule has 1 atom stereocenters. The summed E-state index contributed by atoms with van der Waals surface area (Å²) in [5.41, 5.74) is 16.5. The standard InChI is InChI=1S/C54H34O/c1-2-17-37(18-3-1)53(46-27-13-9-23-42(46)52-39-20-5-4-16-35(39)30-33-49(52)53)43-24-10-6-19-38(43)36-31-32-48-51(34-36)55-50-29-15-14-28-47(50)54(48)44-25-11-7-21-40(44)41-22-8-12-26-45(41)54/h1-34H. The van der Waals surface area contributed by atoms with Gasteiger partial charge < -0.3 is 4.74 Å². The molecule has 1 aliphatic heterocycles. The van der Waals surface area contributed by atoms with Gasteiger partial charge in [-0.25, -0.2) is 0 Å². The van der Waals surface area contributed by atoms with Crippen LogP contribution in [0.3, 0.4) is 0 Å². The lowest BCUT2D eigenvalue weighted by atomic mass is 9.65. The highest BCUT2D eigenvalue weighted by molar-refractivity contribution is 6.04. The van der Waals surface area contributed by atoms with Gasteiger partial charge in [0.15, 0.2) is 0 Å². The van der Waals surface area contributed by atoms with Crippen molar-refractivity contribution in [2.75, 3.05) is 0 Å². The maximum atomic E-state index is 6.99. The highest BCUT2D eigenvalue weighted by Crippen LogP contribution is 2.63. The average molecular weight is 699 g/mol. The Morgan fingerprint density at radius 3 is 1.55 bits per heavy atom. The minimum atomic E-state index is -0.554. The molecule has 9 aromatic rings. The second kappa shape index (κ2) is 11.3. The van der Waals surface area contributed by atoms with Gasteiger partial charge in [0, 0.05) is 11.1 Å². The molecule has 1 heterocycles. The quantitative estimate of drug-likeness (QED) is 0.178. The van der Waals surface area contributed by atoms with E-state index in [9.17, 15) is 0 Å². The fourth-order valence-electron chi connectivity index (χ4n) is 10.6. The van der Waals surface area contributed by atoms with Gasteiger partial charge in [-0.3, -0.25) is 0 Å². The fourth-order valence-corrected chi connectivity index (χ4v) is 10.6. The molecule has 1 heteroatoms. The molecule has 1 nitrogen and oxygen atoms in total. The zero-order valence-corrected chi connectivity index (χ0v) is 30.0. The molecule has 0 saturated carbocycles. The molecular formula is C54H34O. The number of ether oxygens (including phenoxy) is 1. The Hall–Kier alpha value is -6.96. The summed E-state index contributed by atoms with van der Waals surface area (Å²) in [7, 11) is 0. The van der Waals surface area contributed by atoms with E-state index >= 15 is 0 Å². The van der Waals surface area contributed by atoms with Crippen LogP contribution < -0.4 is 4.74 Å². The van der Waals surface area contributed by atoms with Crippen molar-refractivity contribution in [3.8, 4) is 44.9 Å². The summed E-state index contributed by atoms with van der Waals surface area (Å²) in [6.07, 6.45) is 0. The van der Waals surface area contributed by atoms with E-state index < -0.39 is 10.8 Å². The van der Waals surface area contributed by atoms with Crippen molar-refractivity contribution in [3.05, 3.63) is 251 Å². The highest BCUT2D eigenvalue weighted by Gasteiger charge is 2.51. The molecule has 0 aromatic heterocycles. The summed E-state index contributed by atoms with van der Waals surface area (Å²) >= 11 is 0. The third-order valence-electron chi connectivity index (χ3n) is 12.6. The van der Waals surface area contributed by atoms with E-state index in [1.807, 2.05) is 0 Å². The Balaban J connectivity index is 1.14. The van der Waals surface area contributed by atoms with Crippen molar-refractivity contribution in [2.45, 2.75) is 10.8 Å². The summed E-state index contributed by atoms with van der Waals surface area (Å²) in [5.74, 6) is 1.79. The maximum absolute atomic E-state index is 6.99. The van der Waals surface area contributed by atoms with Gasteiger partial charge in [0.05, 0.1) is 10.8 Å². The first kappa shape index (κ1) is 30.5. The molecule has 1 spiro atoms. The summed E-state index contributed by atoms with van der Waals surface area (Å²) in [6.45, 7) is 0. The zero-order valence-electron chi connectivity index (χ0n) is 30.0. The minimum Gasteiger partial charge on any atom is -0.457 e. The summed E-state index contributed by atoms with van der Waals surface area (Å²) in [6, 6.07) is 76.1. The molecule has 12 rings (SSSR count). The lowest BCUT2D eigenvalue weighted by Crippen LogP contribution is -2.32. The molecule has 0 saturated heterocycles. The number of benzene rings is 9. The maximum Gasteiger partial charge on any atom is 0.132 e. The van der Waals surface area contributed by atoms with Crippen LogP contribution in [0.2, 0.25) is 0 Å². The molecule has 0 bridgehead atoms. The second-order valence-electron chi connectivity index (χ2n) is 15.1. The third-order valence-corrected chi connectivity index (χ3v) is 12.6. The Morgan fingerprint density at radius 1 is 0.309 bits per heavy atom. The van der Waals surface area contributed by atoms with Gasteiger partial charge in [0.25, 0.3) is 0 Å². The topological polar surface area (TPSA) is 9.23 Å². The number of hydrogen-bond acceptors (Lipinski definition) is 1. The molecular weight excluding hydrogens is 665 g/mol. The Labute approximate surface area is 320 Å². The van der Waals surface area contributed by atoms with E-state index in [4.69, 9.17) is 4.74 Å². The van der Waals surface area contributed by atoms with Crippen LogP contribution in [0, 0.1) is 0 Å². The van der Waals surface area contributed by atoms with Crippen molar-refractivity contribution < 1.29 is 4.74 Å². The van der Waals surface area contributed by atoms with Crippen LogP contribution >= 0.6 is 0 Å². The van der Waals surface area contributed by atoms with Gasteiger partial charge in [-0.15, -0.1) is 0 Å². The van der Waals surface area contributed by atoms with Crippen molar-refractivity contribution in [1.82, 2.24) is 0 Å². The number of rotatable bonds is 3. The van der Waals surface area contributed by atoms with Crippen LogP contribution in [-0.2, 0) is 10.8 Å². The normalized spacial score (nSPS) is 16.4. The molecule has 2 aliphatic carbocycles. The Bertz CT molecular complexity index is 2980. The van der Waals surface area contributed by atoms with Crippen LogP contribution in [0.4, 0.5) is 0 Å².